The number of benzene rings is 1. The predicted molar refractivity (Wildman–Crippen MR) is 97.8 cm³/mol. The fourth-order valence-corrected chi connectivity index (χ4v) is 5.84. The van der Waals surface area contributed by atoms with E-state index in [4.69, 9.17) is 5.26 Å². The number of hydrogen-bond donors (Lipinski definition) is 0. The molecule has 2 aliphatic carbocycles. The number of nitrogens with zero attached hydrogens (tertiary/aromatic N) is 1. The molecule has 0 aliphatic heterocycles. The van der Waals surface area contributed by atoms with Crippen molar-refractivity contribution in [2.24, 2.45) is 11.3 Å². The Morgan fingerprint density at radius 3 is 2.33 bits per heavy atom. The maximum atomic E-state index is 13.9. The van der Waals surface area contributed by atoms with Crippen LogP contribution in [0.1, 0.15) is 75.3 Å². The van der Waals surface area contributed by atoms with Crippen LogP contribution in [-0.4, -0.2) is 9.52 Å². The van der Waals surface area contributed by atoms with Crippen LogP contribution in [0.3, 0.4) is 0 Å². The Bertz CT molecular complexity index is 605. The normalized spacial score (nSPS) is 33.8. The van der Waals surface area contributed by atoms with Crippen molar-refractivity contribution < 1.29 is 4.39 Å². The topological polar surface area (TPSA) is 23.8 Å². The van der Waals surface area contributed by atoms with Gasteiger partial charge in [0.05, 0.1) is 5.56 Å². The molecule has 1 nitrogen and oxygen atoms in total. The van der Waals surface area contributed by atoms with Crippen molar-refractivity contribution >= 4 is 9.52 Å². The van der Waals surface area contributed by atoms with Crippen molar-refractivity contribution in [2.45, 2.75) is 76.3 Å². The molecule has 0 heterocycles. The van der Waals surface area contributed by atoms with Gasteiger partial charge >= 0.3 is 0 Å². The zero-order chi connectivity index (χ0) is 17.2. The summed E-state index contributed by atoms with van der Waals surface area (Å²) in [5.74, 6) is 0.960. The first-order valence-corrected chi connectivity index (χ1v) is 11.0. The Labute approximate surface area is 148 Å². The monoisotopic (exact) mass is 341 g/mol. The van der Waals surface area contributed by atoms with Gasteiger partial charge in [-0.1, -0.05) is 32.4 Å². The zero-order valence-corrected chi connectivity index (χ0v) is 15.9. The summed E-state index contributed by atoms with van der Waals surface area (Å²) in [7, 11) is 1.11. The molecule has 0 aromatic heterocycles. The highest BCUT2D eigenvalue weighted by Gasteiger charge is 2.39. The van der Waals surface area contributed by atoms with Crippen LogP contribution < -0.4 is 0 Å². The fraction of sp³-hybridized carbons (Fsp3) is 0.667. The lowest BCUT2D eigenvalue weighted by Crippen LogP contribution is -2.34. The van der Waals surface area contributed by atoms with Crippen LogP contribution in [-0.2, 0) is 0 Å². The third-order valence-electron chi connectivity index (χ3n) is 6.83. The minimum atomic E-state index is -0.359. The summed E-state index contributed by atoms with van der Waals surface area (Å²) < 4.78 is 13.9. The first kappa shape index (κ1) is 17.7. The molecule has 2 fully saturated rings. The van der Waals surface area contributed by atoms with Crippen molar-refractivity contribution in [2.75, 3.05) is 0 Å². The molecule has 0 spiro atoms. The Kier molecular flexibility index (Phi) is 5.45. The number of nitriles is 1. The van der Waals surface area contributed by atoms with Gasteiger partial charge in [-0.25, -0.2) is 4.39 Å². The van der Waals surface area contributed by atoms with E-state index in [2.05, 4.69) is 13.5 Å². The Hall–Kier alpha value is -1.14. The van der Waals surface area contributed by atoms with Crippen molar-refractivity contribution in [3.05, 3.63) is 35.1 Å². The minimum absolute atomic E-state index is 0.161. The Balaban J connectivity index is 1.60. The first-order valence-electron chi connectivity index (χ1n) is 9.42. The van der Waals surface area contributed by atoms with Crippen molar-refractivity contribution in [1.82, 2.24) is 0 Å². The third kappa shape index (κ3) is 3.59. The van der Waals surface area contributed by atoms with Crippen molar-refractivity contribution in [1.29, 1.82) is 5.26 Å². The molecular formula is C21H28FNSi. The van der Waals surface area contributed by atoms with Crippen LogP contribution in [0.5, 0.6) is 0 Å². The largest absolute Gasteiger partial charge is 0.206 e. The molecule has 0 amide bonds. The summed E-state index contributed by atoms with van der Waals surface area (Å²) in [6, 6.07) is 7.11. The average Bonchev–Trinajstić information content (AvgIpc) is 2.62. The molecule has 0 bridgehead atoms. The molecule has 1 aromatic carbocycles. The van der Waals surface area contributed by atoms with Gasteiger partial charge in [0.25, 0.3) is 0 Å². The predicted octanol–water partition coefficient (Wildman–Crippen LogP) is 6.09. The smallest absolute Gasteiger partial charge is 0.141 e. The van der Waals surface area contributed by atoms with Gasteiger partial charge in [0.2, 0.25) is 0 Å². The van der Waals surface area contributed by atoms with Gasteiger partial charge in [-0.05, 0) is 79.0 Å². The second-order valence-corrected chi connectivity index (χ2v) is 9.51. The summed E-state index contributed by atoms with van der Waals surface area (Å²) >= 11 is 0. The molecule has 2 aliphatic rings. The highest BCUT2D eigenvalue weighted by Crippen LogP contribution is 2.52. The maximum absolute atomic E-state index is 13.9. The molecule has 0 atom stereocenters. The van der Waals surface area contributed by atoms with Crippen molar-refractivity contribution in [3.8, 4) is 6.07 Å². The molecule has 24 heavy (non-hydrogen) atoms. The lowest BCUT2D eigenvalue weighted by atomic mass is 9.61. The van der Waals surface area contributed by atoms with Gasteiger partial charge in [0.1, 0.15) is 11.9 Å². The van der Waals surface area contributed by atoms with E-state index in [-0.39, 0.29) is 11.4 Å². The summed E-state index contributed by atoms with van der Waals surface area (Å²) in [6.07, 6.45) is 10.6. The summed E-state index contributed by atoms with van der Waals surface area (Å²) in [5.41, 5.74) is 2.77. The molecule has 0 N–H and O–H groups in total. The van der Waals surface area contributed by atoms with Gasteiger partial charge in [0.15, 0.2) is 0 Å². The van der Waals surface area contributed by atoms with Crippen LogP contribution >= 0.6 is 0 Å². The first-order chi connectivity index (χ1) is 11.6. The highest BCUT2D eigenvalue weighted by molar-refractivity contribution is 6.35. The molecule has 0 unspecified atom stereocenters. The molecule has 3 rings (SSSR count). The van der Waals surface area contributed by atoms with Crippen LogP contribution in [0, 0.1) is 28.5 Å². The summed E-state index contributed by atoms with van der Waals surface area (Å²) in [6.45, 7) is 4.88. The molecule has 128 valence electrons. The molecule has 1 aromatic rings. The van der Waals surface area contributed by atoms with Crippen LogP contribution in [0.15, 0.2) is 18.2 Å². The number of hydrogen-bond acceptors (Lipinski definition) is 1. The lowest BCUT2D eigenvalue weighted by Gasteiger charge is -2.46. The standard InChI is InChI=1S/C21H28FNSi/c1-21(11-9-19(24-2)10-12-21)18-7-5-15(6-8-18)16-3-4-17(14-23)20(22)13-16/h3-4,13,15,18-19H,5-12H2,1-2H3. The highest BCUT2D eigenvalue weighted by atomic mass is 28.2. The van der Waals surface area contributed by atoms with E-state index in [1.165, 1.54) is 51.4 Å². The van der Waals surface area contributed by atoms with Gasteiger partial charge < -0.3 is 0 Å². The Morgan fingerprint density at radius 2 is 1.79 bits per heavy atom. The van der Waals surface area contributed by atoms with E-state index in [1.807, 2.05) is 12.1 Å². The number of rotatable bonds is 3. The average molecular weight is 342 g/mol. The van der Waals surface area contributed by atoms with Gasteiger partial charge in [-0.15, -0.1) is 0 Å². The molecule has 2 radical (unpaired) electrons. The van der Waals surface area contributed by atoms with Crippen molar-refractivity contribution in [3.63, 3.8) is 0 Å². The second-order valence-electron chi connectivity index (χ2n) is 8.12. The van der Waals surface area contributed by atoms with E-state index in [1.54, 1.807) is 12.1 Å². The Morgan fingerprint density at radius 1 is 1.12 bits per heavy atom. The number of halogens is 1. The third-order valence-corrected chi connectivity index (χ3v) is 8.23. The fourth-order valence-electron chi connectivity index (χ4n) is 4.97. The van der Waals surface area contributed by atoms with Gasteiger partial charge in [-0.2, -0.15) is 5.26 Å². The second kappa shape index (κ2) is 7.40. The van der Waals surface area contributed by atoms with E-state index in [0.717, 1.165) is 26.5 Å². The molecular weight excluding hydrogens is 313 g/mol. The van der Waals surface area contributed by atoms with E-state index in [0.29, 0.717) is 11.3 Å². The van der Waals surface area contributed by atoms with Gasteiger partial charge in [-0.3, -0.25) is 0 Å². The van der Waals surface area contributed by atoms with Crippen LogP contribution in [0.25, 0.3) is 0 Å². The maximum Gasteiger partial charge on any atom is 0.141 e. The van der Waals surface area contributed by atoms with Gasteiger partial charge in [0, 0.05) is 9.52 Å². The lowest BCUT2D eigenvalue weighted by molar-refractivity contribution is 0.0825. The molecule has 3 heteroatoms. The van der Waals surface area contributed by atoms with E-state index in [9.17, 15) is 4.39 Å². The zero-order valence-electron chi connectivity index (χ0n) is 14.9. The quantitative estimate of drug-likeness (QED) is 0.610. The summed E-state index contributed by atoms with van der Waals surface area (Å²) in [4.78, 5) is 0. The SMILES string of the molecule is C[Si]C1CCC(C)(C2CCC(c3ccc(C#N)c(F)c3)CC2)CC1. The van der Waals surface area contributed by atoms with Crippen LogP contribution in [0.4, 0.5) is 4.39 Å². The van der Waals surface area contributed by atoms with E-state index < -0.39 is 0 Å². The van der Waals surface area contributed by atoms with E-state index >= 15 is 0 Å². The summed E-state index contributed by atoms with van der Waals surface area (Å²) in [5, 5.41) is 8.87. The minimum Gasteiger partial charge on any atom is -0.206 e. The molecule has 0 saturated heterocycles. The molecule has 2 saturated carbocycles. The van der Waals surface area contributed by atoms with Crippen LogP contribution in [0.2, 0.25) is 12.1 Å².